The smallest absolute Gasteiger partial charge is 0.461 e. The van der Waals surface area contributed by atoms with E-state index in [0.29, 0.717) is 5.69 Å². The zero-order valence-electron chi connectivity index (χ0n) is 22.1. The monoisotopic (exact) mass is 549 g/mol. The minimum atomic E-state index is -0.762. The molecule has 2 aromatic rings. The van der Waals surface area contributed by atoms with E-state index in [1.54, 1.807) is 56.3 Å². The number of hydrogen-bond acceptors (Lipinski definition) is 12. The summed E-state index contributed by atoms with van der Waals surface area (Å²) in [6, 6.07) is 12.3. The zero-order chi connectivity index (χ0) is 28.9. The van der Waals surface area contributed by atoms with Crippen molar-refractivity contribution < 1.29 is 38.1 Å². The summed E-state index contributed by atoms with van der Waals surface area (Å²) in [5.74, 6) is -2.68. The van der Waals surface area contributed by atoms with Crippen molar-refractivity contribution in [3.63, 3.8) is 0 Å². The van der Waals surface area contributed by atoms with Crippen LogP contribution >= 0.6 is 0 Å². The number of anilines is 2. The number of benzene rings is 2. The van der Waals surface area contributed by atoms with Gasteiger partial charge in [-0.1, -0.05) is 36.9 Å². The van der Waals surface area contributed by atoms with E-state index in [1.165, 1.54) is 17.2 Å². The molecule has 1 heterocycles. The highest BCUT2D eigenvalue weighted by atomic mass is 16.5. The van der Waals surface area contributed by atoms with Crippen molar-refractivity contribution in [1.29, 1.82) is 0 Å². The van der Waals surface area contributed by atoms with Crippen molar-refractivity contribution in [1.82, 2.24) is 0 Å². The molecule has 2 aromatic carbocycles. The van der Waals surface area contributed by atoms with E-state index >= 15 is 0 Å². The highest BCUT2D eigenvalue weighted by molar-refractivity contribution is 6.37. The van der Waals surface area contributed by atoms with Crippen molar-refractivity contribution in [3.8, 4) is 0 Å². The van der Waals surface area contributed by atoms with E-state index < -0.39 is 29.9 Å². The number of esters is 4. The van der Waals surface area contributed by atoms with Crippen LogP contribution in [-0.4, -0.2) is 68.3 Å². The number of para-hydroxylation sites is 2. The van der Waals surface area contributed by atoms with Gasteiger partial charge in [0.25, 0.3) is 0 Å². The zero-order valence-corrected chi connectivity index (χ0v) is 22.1. The van der Waals surface area contributed by atoms with Crippen molar-refractivity contribution in [2.24, 2.45) is 10.2 Å². The quantitative estimate of drug-likeness (QED) is 0.0987. The summed E-state index contributed by atoms with van der Waals surface area (Å²) in [6.45, 7) is 7.02. The average Bonchev–Trinajstić information content (AvgIpc) is 3.39. The third-order valence-electron chi connectivity index (χ3n) is 5.37. The van der Waals surface area contributed by atoms with Crippen LogP contribution in [0.2, 0.25) is 0 Å². The Morgan fingerprint density at radius 2 is 1.65 bits per heavy atom. The van der Waals surface area contributed by atoms with Gasteiger partial charge in [-0.05, 0) is 38.1 Å². The van der Waals surface area contributed by atoms with Gasteiger partial charge < -0.3 is 18.9 Å². The van der Waals surface area contributed by atoms with Gasteiger partial charge in [0.05, 0.1) is 46.9 Å². The van der Waals surface area contributed by atoms with E-state index in [4.69, 9.17) is 18.9 Å². The van der Waals surface area contributed by atoms with Crippen LogP contribution in [0.1, 0.15) is 41.0 Å². The second-order valence-corrected chi connectivity index (χ2v) is 8.07. The first-order valence-corrected chi connectivity index (χ1v) is 12.4. The second kappa shape index (κ2) is 14.7. The molecule has 0 spiro atoms. The molecule has 12 heteroatoms. The number of ether oxygens (including phenoxy) is 4. The number of carbonyl (C=O) groups excluding carboxylic acids is 4. The highest BCUT2D eigenvalue weighted by Gasteiger charge is 2.35. The Labute approximate surface area is 231 Å². The summed E-state index contributed by atoms with van der Waals surface area (Å²) in [6.07, 6.45) is 3.69. The molecule has 0 saturated heterocycles. The lowest BCUT2D eigenvalue weighted by molar-refractivity contribution is -0.135. The SMILES string of the molecule is C=CCOC(=O)c1ccccc1N1N=C(C(=O)OCC)CC1COC(=O)c1ccccc1NN=[C+]C(=O)OCC. The topological polar surface area (TPSA) is 145 Å². The Bertz CT molecular complexity index is 1310. The first-order valence-electron chi connectivity index (χ1n) is 12.4. The van der Waals surface area contributed by atoms with Gasteiger partial charge in [0, 0.05) is 6.42 Å². The van der Waals surface area contributed by atoms with E-state index in [0.717, 1.165) is 0 Å². The van der Waals surface area contributed by atoms with Crippen LogP contribution in [0.15, 0.2) is 71.4 Å². The predicted octanol–water partition coefficient (Wildman–Crippen LogP) is 3.22. The molecule has 0 aromatic heterocycles. The maximum Gasteiger partial charge on any atom is 0.619 e. The Kier molecular flexibility index (Phi) is 10.9. The fourth-order valence-corrected chi connectivity index (χ4v) is 3.64. The molecule has 12 nitrogen and oxygen atoms in total. The molecule has 3 rings (SSSR count). The Hall–Kier alpha value is -5.09. The molecule has 1 atom stereocenters. The van der Waals surface area contributed by atoms with Crippen LogP contribution in [0.25, 0.3) is 0 Å². The third-order valence-corrected chi connectivity index (χ3v) is 5.37. The maximum absolute atomic E-state index is 13.0. The summed E-state index contributed by atoms with van der Waals surface area (Å²) in [7, 11) is 0. The van der Waals surface area contributed by atoms with Gasteiger partial charge in [-0.25, -0.2) is 19.8 Å². The van der Waals surface area contributed by atoms with Crippen molar-refractivity contribution in [3.05, 3.63) is 72.3 Å². The minimum Gasteiger partial charge on any atom is -0.461 e. The van der Waals surface area contributed by atoms with Crippen LogP contribution in [0.4, 0.5) is 11.4 Å². The lowest BCUT2D eigenvalue weighted by Gasteiger charge is -2.25. The summed E-state index contributed by atoms with van der Waals surface area (Å²) in [4.78, 5) is 49.6. The fraction of sp³-hybridized carbons (Fsp3) is 0.286. The lowest BCUT2D eigenvalue weighted by atomic mass is 10.1. The molecule has 1 aliphatic rings. The molecule has 1 aliphatic heterocycles. The number of hydrazone groups is 2. The molecule has 1 N–H and O–H groups in total. The van der Waals surface area contributed by atoms with E-state index in [9.17, 15) is 19.2 Å². The molecular formula is C28H29N4O8+. The van der Waals surface area contributed by atoms with Crippen LogP contribution < -0.4 is 10.4 Å². The molecule has 1 unspecified atom stereocenters. The molecule has 0 saturated carbocycles. The Balaban J connectivity index is 1.81. The third kappa shape index (κ3) is 7.71. The van der Waals surface area contributed by atoms with Crippen LogP contribution in [0.3, 0.4) is 0 Å². The summed E-state index contributed by atoms with van der Waals surface area (Å²) in [5, 5.41) is 9.53. The lowest BCUT2D eigenvalue weighted by Crippen LogP contribution is -2.33. The maximum atomic E-state index is 13.0. The standard InChI is InChI=1S/C28H28N4O8/c1-4-15-39-27(35)21-12-8-10-14-24(21)32-19(16-23(31-32)28(36)38-6-3)18-40-26(34)20-11-7-9-13-22(20)30-29-17-25(33)37-5-2/h4,7-14,19H,1,5-6,15-16,18H2,2-3H3/p+1. The molecule has 0 amide bonds. The Morgan fingerprint density at radius 1 is 0.975 bits per heavy atom. The van der Waals surface area contributed by atoms with Crippen molar-refractivity contribution in [2.45, 2.75) is 26.3 Å². The summed E-state index contributed by atoms with van der Waals surface area (Å²) < 4.78 is 20.6. The first kappa shape index (κ1) is 29.5. The predicted molar refractivity (Wildman–Crippen MR) is 146 cm³/mol. The van der Waals surface area contributed by atoms with Crippen LogP contribution in [0.5, 0.6) is 0 Å². The van der Waals surface area contributed by atoms with Crippen molar-refractivity contribution >= 4 is 47.2 Å². The largest absolute Gasteiger partial charge is 0.619 e. The van der Waals surface area contributed by atoms with Gasteiger partial charge in [0.2, 0.25) is 0 Å². The van der Waals surface area contributed by atoms with Gasteiger partial charge in [-0.3, -0.25) is 5.01 Å². The number of nitrogens with one attached hydrogen (secondary N) is 1. The number of nitrogens with zero attached hydrogens (tertiary/aromatic N) is 3. The molecule has 208 valence electrons. The highest BCUT2D eigenvalue weighted by Crippen LogP contribution is 2.29. The first-order chi connectivity index (χ1) is 19.4. The van der Waals surface area contributed by atoms with Gasteiger partial charge in [-0.2, -0.15) is 9.90 Å². The van der Waals surface area contributed by atoms with E-state index in [-0.39, 0.29) is 55.4 Å². The number of rotatable bonds is 13. The van der Waals surface area contributed by atoms with Gasteiger partial charge >= 0.3 is 30.1 Å². The van der Waals surface area contributed by atoms with Gasteiger partial charge in [0.1, 0.15) is 18.9 Å². The average molecular weight is 550 g/mol. The fourth-order valence-electron chi connectivity index (χ4n) is 3.64. The summed E-state index contributed by atoms with van der Waals surface area (Å²) in [5.41, 5.74) is 3.67. The minimum absolute atomic E-state index is 0.0145. The number of hydrogen-bond donors (Lipinski definition) is 1. The van der Waals surface area contributed by atoms with E-state index in [1.807, 2.05) is 0 Å². The van der Waals surface area contributed by atoms with Gasteiger partial charge in [0.15, 0.2) is 0 Å². The normalized spacial score (nSPS) is 14.1. The molecule has 0 fully saturated rings. The van der Waals surface area contributed by atoms with Gasteiger partial charge in [-0.15, -0.1) is 0 Å². The summed E-state index contributed by atoms with van der Waals surface area (Å²) >= 11 is 0. The number of carbonyl (C=O) groups is 4. The second-order valence-electron chi connectivity index (χ2n) is 8.07. The Morgan fingerprint density at radius 3 is 2.38 bits per heavy atom. The molecule has 0 radical (unpaired) electrons. The molecular weight excluding hydrogens is 520 g/mol. The molecule has 0 aliphatic carbocycles. The van der Waals surface area contributed by atoms with E-state index in [2.05, 4.69) is 28.4 Å². The van der Waals surface area contributed by atoms with Crippen molar-refractivity contribution in [2.75, 3.05) is 36.9 Å². The molecule has 40 heavy (non-hydrogen) atoms. The van der Waals surface area contributed by atoms with Crippen LogP contribution in [0, 0.1) is 0 Å². The van der Waals surface area contributed by atoms with Crippen LogP contribution in [-0.2, 0) is 28.5 Å². The molecule has 0 bridgehead atoms.